The molecule has 0 aliphatic heterocycles. The van der Waals surface area contributed by atoms with Crippen molar-refractivity contribution in [1.82, 2.24) is 14.9 Å². The van der Waals surface area contributed by atoms with Crippen molar-refractivity contribution in [1.29, 1.82) is 0 Å². The SMILES string of the molecule is CCCCn1c(N)c(N(CCOC)CCC(=O)NC(N)=O)c(=O)[nH]c1=O. The summed E-state index contributed by atoms with van der Waals surface area (Å²) in [7, 11) is 1.49. The number of anilines is 2. The summed E-state index contributed by atoms with van der Waals surface area (Å²) in [4.78, 5) is 50.5. The van der Waals surface area contributed by atoms with Gasteiger partial charge in [0.15, 0.2) is 0 Å². The number of amides is 3. The Morgan fingerprint density at radius 1 is 1.31 bits per heavy atom. The molecule has 0 saturated heterocycles. The molecule has 1 rings (SSSR count). The maximum atomic E-state index is 12.3. The molecule has 0 spiro atoms. The normalized spacial score (nSPS) is 10.5. The average molecular weight is 370 g/mol. The first-order valence-electron chi connectivity index (χ1n) is 8.27. The van der Waals surface area contributed by atoms with Gasteiger partial charge in [-0.2, -0.15) is 0 Å². The summed E-state index contributed by atoms with van der Waals surface area (Å²) in [6.07, 6.45) is 1.47. The van der Waals surface area contributed by atoms with E-state index in [9.17, 15) is 19.2 Å². The van der Waals surface area contributed by atoms with E-state index in [4.69, 9.17) is 16.2 Å². The summed E-state index contributed by atoms with van der Waals surface area (Å²) in [5.74, 6) is -0.562. The van der Waals surface area contributed by atoms with Crippen LogP contribution in [0.2, 0.25) is 0 Å². The van der Waals surface area contributed by atoms with Crippen molar-refractivity contribution in [2.45, 2.75) is 32.7 Å². The monoisotopic (exact) mass is 370 g/mol. The zero-order valence-corrected chi connectivity index (χ0v) is 15.0. The molecule has 6 N–H and O–H groups in total. The summed E-state index contributed by atoms with van der Waals surface area (Å²) < 4.78 is 6.32. The largest absolute Gasteiger partial charge is 0.383 e. The molecule has 3 amide bonds. The van der Waals surface area contributed by atoms with Gasteiger partial charge in [-0.15, -0.1) is 0 Å². The Labute approximate surface area is 150 Å². The van der Waals surface area contributed by atoms with E-state index in [1.54, 1.807) is 4.90 Å². The molecule has 0 aliphatic rings. The highest BCUT2D eigenvalue weighted by molar-refractivity contribution is 5.93. The number of rotatable bonds is 10. The van der Waals surface area contributed by atoms with E-state index in [1.807, 2.05) is 12.2 Å². The van der Waals surface area contributed by atoms with Gasteiger partial charge in [-0.1, -0.05) is 13.3 Å². The number of nitrogens with zero attached hydrogens (tertiary/aromatic N) is 2. The third-order valence-corrected chi connectivity index (χ3v) is 3.70. The van der Waals surface area contributed by atoms with Crippen LogP contribution < -0.4 is 32.9 Å². The molecule has 0 atom stereocenters. The number of unbranched alkanes of at least 4 members (excludes halogenated alkanes) is 1. The van der Waals surface area contributed by atoms with Crippen molar-refractivity contribution >= 4 is 23.4 Å². The number of nitrogens with one attached hydrogen (secondary N) is 2. The molecule has 0 bridgehead atoms. The lowest BCUT2D eigenvalue weighted by Crippen LogP contribution is -2.42. The zero-order valence-electron chi connectivity index (χ0n) is 15.0. The molecule has 26 heavy (non-hydrogen) atoms. The van der Waals surface area contributed by atoms with E-state index in [1.165, 1.54) is 11.7 Å². The lowest BCUT2D eigenvalue weighted by atomic mass is 10.3. The van der Waals surface area contributed by atoms with Crippen molar-refractivity contribution in [2.75, 3.05) is 37.4 Å². The summed E-state index contributed by atoms with van der Waals surface area (Å²) in [5, 5.41) is 1.95. The highest BCUT2D eigenvalue weighted by Crippen LogP contribution is 2.17. The van der Waals surface area contributed by atoms with E-state index >= 15 is 0 Å². The molecule has 1 aromatic rings. The minimum atomic E-state index is -0.955. The number of carbonyl (C=O) groups excluding carboxylic acids is 2. The zero-order chi connectivity index (χ0) is 19.7. The fourth-order valence-corrected chi connectivity index (χ4v) is 2.39. The number of H-pyrrole nitrogens is 1. The van der Waals surface area contributed by atoms with Crippen LogP contribution in [0.4, 0.5) is 16.3 Å². The lowest BCUT2D eigenvalue weighted by molar-refractivity contribution is -0.119. The molecule has 0 unspecified atom stereocenters. The predicted molar refractivity (Wildman–Crippen MR) is 97.1 cm³/mol. The van der Waals surface area contributed by atoms with E-state index in [2.05, 4.69) is 4.98 Å². The van der Waals surface area contributed by atoms with Crippen LogP contribution in [-0.2, 0) is 16.1 Å². The van der Waals surface area contributed by atoms with Crippen molar-refractivity contribution in [3.63, 3.8) is 0 Å². The fourth-order valence-electron chi connectivity index (χ4n) is 2.39. The third kappa shape index (κ3) is 5.92. The standard InChI is InChI=1S/C15H26N6O5/c1-3-4-6-21-12(16)11(13(23)19-15(21)25)20(8-9-26-2)7-5-10(22)18-14(17)24/h3-9,16H2,1-2H3,(H,19,23,25)(H3,17,18,22,24). The van der Waals surface area contributed by atoms with Crippen LogP contribution in [0.5, 0.6) is 0 Å². The maximum absolute atomic E-state index is 12.3. The van der Waals surface area contributed by atoms with E-state index < -0.39 is 23.2 Å². The van der Waals surface area contributed by atoms with Crippen LogP contribution in [0.15, 0.2) is 9.59 Å². The van der Waals surface area contributed by atoms with Crippen LogP contribution in [0.3, 0.4) is 0 Å². The Morgan fingerprint density at radius 2 is 2.00 bits per heavy atom. The minimum Gasteiger partial charge on any atom is -0.383 e. The molecule has 0 aromatic carbocycles. The number of aromatic nitrogens is 2. The second-order valence-electron chi connectivity index (χ2n) is 5.64. The maximum Gasteiger partial charge on any atom is 0.330 e. The second kappa shape index (κ2) is 10.2. The summed E-state index contributed by atoms with van der Waals surface area (Å²) in [5.41, 5.74) is 9.84. The molecule has 146 valence electrons. The summed E-state index contributed by atoms with van der Waals surface area (Å²) >= 11 is 0. The molecule has 11 nitrogen and oxygen atoms in total. The molecule has 0 radical (unpaired) electrons. The number of aromatic amines is 1. The Hall–Kier alpha value is -2.82. The number of nitrogen functional groups attached to an aromatic ring is 1. The highest BCUT2D eigenvalue weighted by atomic mass is 16.5. The van der Waals surface area contributed by atoms with E-state index in [0.717, 1.165) is 6.42 Å². The predicted octanol–water partition coefficient (Wildman–Crippen LogP) is -1.04. The highest BCUT2D eigenvalue weighted by Gasteiger charge is 2.19. The average Bonchev–Trinajstić information content (AvgIpc) is 2.55. The molecule has 1 heterocycles. The van der Waals surface area contributed by atoms with Crippen LogP contribution >= 0.6 is 0 Å². The van der Waals surface area contributed by atoms with Crippen LogP contribution in [0.1, 0.15) is 26.2 Å². The molecular weight excluding hydrogens is 344 g/mol. The van der Waals surface area contributed by atoms with Crippen molar-refractivity contribution < 1.29 is 14.3 Å². The third-order valence-electron chi connectivity index (χ3n) is 3.70. The van der Waals surface area contributed by atoms with Gasteiger partial charge in [0.1, 0.15) is 11.5 Å². The van der Waals surface area contributed by atoms with Gasteiger partial charge in [0, 0.05) is 33.2 Å². The van der Waals surface area contributed by atoms with Crippen molar-refractivity contribution in [3.8, 4) is 0 Å². The number of methoxy groups -OCH3 is 1. The van der Waals surface area contributed by atoms with Gasteiger partial charge in [-0.05, 0) is 6.42 Å². The number of carbonyl (C=O) groups is 2. The molecular formula is C15H26N6O5. The summed E-state index contributed by atoms with van der Waals surface area (Å²) in [6.45, 7) is 2.95. The molecule has 1 aromatic heterocycles. The molecule has 11 heteroatoms. The first-order chi connectivity index (χ1) is 12.3. The first-order valence-corrected chi connectivity index (χ1v) is 8.27. The van der Waals surface area contributed by atoms with Gasteiger partial charge >= 0.3 is 11.7 Å². The van der Waals surface area contributed by atoms with Gasteiger partial charge in [0.25, 0.3) is 5.56 Å². The minimum absolute atomic E-state index is 0.0265. The second-order valence-corrected chi connectivity index (χ2v) is 5.64. The summed E-state index contributed by atoms with van der Waals surface area (Å²) in [6, 6.07) is -0.955. The number of ether oxygens (including phenoxy) is 1. The van der Waals surface area contributed by atoms with E-state index in [-0.39, 0.29) is 37.6 Å². The van der Waals surface area contributed by atoms with Crippen LogP contribution in [-0.4, -0.2) is 48.3 Å². The number of hydrogen-bond acceptors (Lipinski definition) is 7. The van der Waals surface area contributed by atoms with Crippen molar-refractivity contribution in [3.05, 3.63) is 20.8 Å². The van der Waals surface area contributed by atoms with Gasteiger partial charge in [0.2, 0.25) is 5.91 Å². The fraction of sp³-hybridized carbons (Fsp3) is 0.600. The number of nitrogens with two attached hydrogens (primary N) is 2. The van der Waals surface area contributed by atoms with Gasteiger partial charge < -0.3 is 21.1 Å². The quantitative estimate of drug-likeness (QED) is 0.408. The van der Waals surface area contributed by atoms with Crippen LogP contribution in [0, 0.1) is 0 Å². The Bertz CT molecular complexity index is 741. The Balaban J connectivity index is 3.16. The van der Waals surface area contributed by atoms with Gasteiger partial charge in [-0.25, -0.2) is 9.59 Å². The van der Waals surface area contributed by atoms with Gasteiger partial charge in [0.05, 0.1) is 6.61 Å². The van der Waals surface area contributed by atoms with Crippen LogP contribution in [0.25, 0.3) is 0 Å². The molecule has 0 fully saturated rings. The smallest absolute Gasteiger partial charge is 0.330 e. The number of urea groups is 1. The first kappa shape index (κ1) is 21.2. The Kier molecular flexibility index (Phi) is 8.35. The van der Waals surface area contributed by atoms with E-state index in [0.29, 0.717) is 13.0 Å². The van der Waals surface area contributed by atoms with Gasteiger partial charge in [-0.3, -0.25) is 24.5 Å². The number of primary amides is 1. The number of hydrogen-bond donors (Lipinski definition) is 4. The van der Waals surface area contributed by atoms with Crippen molar-refractivity contribution in [2.24, 2.45) is 5.73 Å². The topological polar surface area (TPSA) is 166 Å². The lowest BCUT2D eigenvalue weighted by Gasteiger charge is -2.25. The molecule has 0 aliphatic carbocycles. The Morgan fingerprint density at radius 3 is 2.58 bits per heavy atom. The molecule has 0 saturated carbocycles. The number of imide groups is 1.